The van der Waals surface area contributed by atoms with Gasteiger partial charge in [0.05, 0.1) is 0 Å². The van der Waals surface area contributed by atoms with E-state index in [1.54, 1.807) is 0 Å². The summed E-state index contributed by atoms with van der Waals surface area (Å²) in [6, 6.07) is 0.733. The maximum absolute atomic E-state index is 3.79. The highest BCUT2D eigenvalue weighted by atomic mass is 15.5. The lowest BCUT2D eigenvalue weighted by Gasteiger charge is -2.40. The van der Waals surface area contributed by atoms with Gasteiger partial charge in [-0.1, -0.05) is 26.7 Å². The van der Waals surface area contributed by atoms with E-state index in [9.17, 15) is 0 Å². The SMILES string of the molecule is CC1CCCC(C)C1NN1CCCCC1. The molecule has 0 aromatic carbocycles. The van der Waals surface area contributed by atoms with Crippen LogP contribution in [-0.2, 0) is 0 Å². The van der Waals surface area contributed by atoms with Gasteiger partial charge < -0.3 is 0 Å². The lowest BCUT2D eigenvalue weighted by molar-refractivity contribution is 0.0693. The number of hydrazine groups is 1. The Hall–Kier alpha value is -0.0800. The minimum Gasteiger partial charge on any atom is -0.252 e. The Morgan fingerprint density at radius 3 is 2.07 bits per heavy atom. The van der Waals surface area contributed by atoms with Gasteiger partial charge in [-0.05, 0) is 37.5 Å². The second-order valence-corrected chi connectivity index (χ2v) is 5.59. The first-order valence-electron chi connectivity index (χ1n) is 6.78. The van der Waals surface area contributed by atoms with Crippen LogP contribution in [0, 0.1) is 11.8 Å². The molecule has 1 N–H and O–H groups in total. The topological polar surface area (TPSA) is 15.3 Å². The predicted octanol–water partition coefficient (Wildman–Crippen LogP) is 2.80. The van der Waals surface area contributed by atoms with Gasteiger partial charge in [-0.15, -0.1) is 0 Å². The smallest absolute Gasteiger partial charge is 0.0266 e. The minimum absolute atomic E-state index is 0.733. The second kappa shape index (κ2) is 5.31. The first kappa shape index (κ1) is 11.4. The minimum atomic E-state index is 0.733. The van der Waals surface area contributed by atoms with Crippen molar-refractivity contribution < 1.29 is 0 Å². The van der Waals surface area contributed by atoms with Gasteiger partial charge in [0.1, 0.15) is 0 Å². The Labute approximate surface area is 94.4 Å². The van der Waals surface area contributed by atoms with Crippen LogP contribution in [0.25, 0.3) is 0 Å². The molecule has 1 saturated heterocycles. The molecule has 0 radical (unpaired) electrons. The molecule has 2 heteroatoms. The lowest BCUT2D eigenvalue weighted by atomic mass is 9.79. The summed E-state index contributed by atoms with van der Waals surface area (Å²) >= 11 is 0. The van der Waals surface area contributed by atoms with Gasteiger partial charge in [-0.3, -0.25) is 5.43 Å². The van der Waals surface area contributed by atoms with E-state index in [1.165, 1.54) is 51.6 Å². The van der Waals surface area contributed by atoms with E-state index in [4.69, 9.17) is 0 Å². The van der Waals surface area contributed by atoms with Crippen LogP contribution in [0.15, 0.2) is 0 Å². The summed E-state index contributed by atoms with van der Waals surface area (Å²) in [7, 11) is 0. The van der Waals surface area contributed by atoms with Gasteiger partial charge in [0.2, 0.25) is 0 Å². The molecule has 0 bridgehead atoms. The summed E-state index contributed by atoms with van der Waals surface area (Å²) in [5, 5.41) is 2.48. The highest BCUT2D eigenvalue weighted by Crippen LogP contribution is 2.29. The second-order valence-electron chi connectivity index (χ2n) is 5.59. The van der Waals surface area contributed by atoms with E-state index in [2.05, 4.69) is 24.3 Å². The van der Waals surface area contributed by atoms with E-state index in [1.807, 2.05) is 0 Å². The summed E-state index contributed by atoms with van der Waals surface area (Å²) in [4.78, 5) is 0. The zero-order valence-electron chi connectivity index (χ0n) is 10.3. The number of nitrogens with one attached hydrogen (secondary N) is 1. The predicted molar refractivity (Wildman–Crippen MR) is 64.5 cm³/mol. The summed E-state index contributed by atoms with van der Waals surface area (Å²) in [6.45, 7) is 7.35. The number of piperidine rings is 1. The van der Waals surface area contributed by atoms with Gasteiger partial charge in [0.25, 0.3) is 0 Å². The van der Waals surface area contributed by atoms with Gasteiger partial charge in [-0.25, -0.2) is 5.01 Å². The van der Waals surface area contributed by atoms with Gasteiger partial charge >= 0.3 is 0 Å². The maximum Gasteiger partial charge on any atom is 0.0266 e. The molecule has 0 aromatic heterocycles. The molecule has 1 aliphatic heterocycles. The number of hydrogen-bond donors (Lipinski definition) is 1. The summed E-state index contributed by atoms with van der Waals surface area (Å²) in [6.07, 6.45) is 8.44. The van der Waals surface area contributed by atoms with Crippen LogP contribution < -0.4 is 5.43 Å². The summed E-state index contributed by atoms with van der Waals surface area (Å²) in [5.41, 5.74) is 3.79. The molecule has 1 aliphatic carbocycles. The average molecular weight is 210 g/mol. The van der Waals surface area contributed by atoms with Crippen molar-refractivity contribution >= 4 is 0 Å². The highest BCUT2D eigenvalue weighted by Gasteiger charge is 2.29. The molecule has 2 rings (SSSR count). The van der Waals surface area contributed by atoms with Gasteiger partial charge in [0.15, 0.2) is 0 Å². The normalized spacial score (nSPS) is 39.2. The summed E-state index contributed by atoms with van der Waals surface area (Å²) < 4.78 is 0. The van der Waals surface area contributed by atoms with Crippen LogP contribution in [-0.4, -0.2) is 24.1 Å². The third-order valence-corrected chi connectivity index (χ3v) is 4.23. The van der Waals surface area contributed by atoms with Gasteiger partial charge in [0, 0.05) is 19.1 Å². The molecular weight excluding hydrogens is 184 g/mol. The molecule has 0 spiro atoms. The Morgan fingerprint density at radius 2 is 1.47 bits per heavy atom. The van der Waals surface area contributed by atoms with Crippen molar-refractivity contribution in [2.45, 2.75) is 58.4 Å². The molecular formula is C13H26N2. The van der Waals surface area contributed by atoms with E-state index in [0.717, 1.165) is 17.9 Å². The molecule has 15 heavy (non-hydrogen) atoms. The molecule has 2 fully saturated rings. The van der Waals surface area contributed by atoms with Crippen molar-refractivity contribution in [2.75, 3.05) is 13.1 Å². The highest BCUT2D eigenvalue weighted by molar-refractivity contribution is 4.83. The monoisotopic (exact) mass is 210 g/mol. The molecule has 0 aromatic rings. The zero-order valence-corrected chi connectivity index (χ0v) is 10.3. The van der Waals surface area contributed by atoms with Crippen molar-refractivity contribution in [1.29, 1.82) is 0 Å². The fraction of sp³-hybridized carbons (Fsp3) is 1.00. The van der Waals surface area contributed by atoms with Crippen molar-refractivity contribution in [2.24, 2.45) is 11.8 Å². The van der Waals surface area contributed by atoms with Crippen LogP contribution in [0.5, 0.6) is 0 Å². The maximum atomic E-state index is 3.79. The average Bonchev–Trinajstić information content (AvgIpc) is 2.25. The molecule has 1 heterocycles. The number of nitrogens with zero attached hydrogens (tertiary/aromatic N) is 1. The molecule has 2 unspecified atom stereocenters. The zero-order chi connectivity index (χ0) is 10.7. The quantitative estimate of drug-likeness (QED) is 0.754. The largest absolute Gasteiger partial charge is 0.252 e. The van der Waals surface area contributed by atoms with Crippen LogP contribution in [0.1, 0.15) is 52.4 Å². The number of hydrogen-bond acceptors (Lipinski definition) is 2. The fourth-order valence-corrected chi connectivity index (χ4v) is 3.17. The Kier molecular flexibility index (Phi) is 4.04. The molecule has 88 valence electrons. The lowest BCUT2D eigenvalue weighted by Crippen LogP contribution is -2.53. The van der Waals surface area contributed by atoms with Crippen LogP contribution in [0.4, 0.5) is 0 Å². The molecule has 1 saturated carbocycles. The van der Waals surface area contributed by atoms with E-state index < -0.39 is 0 Å². The molecule has 0 amide bonds. The first-order chi connectivity index (χ1) is 7.27. The fourth-order valence-electron chi connectivity index (χ4n) is 3.17. The van der Waals surface area contributed by atoms with Crippen LogP contribution in [0.3, 0.4) is 0 Å². The number of rotatable bonds is 2. The van der Waals surface area contributed by atoms with Crippen LogP contribution >= 0.6 is 0 Å². The van der Waals surface area contributed by atoms with Crippen LogP contribution in [0.2, 0.25) is 0 Å². The van der Waals surface area contributed by atoms with E-state index >= 15 is 0 Å². The summed E-state index contributed by atoms with van der Waals surface area (Å²) in [5.74, 6) is 1.71. The molecule has 2 nitrogen and oxygen atoms in total. The molecule has 2 atom stereocenters. The van der Waals surface area contributed by atoms with E-state index in [-0.39, 0.29) is 0 Å². The Balaban J connectivity index is 1.84. The van der Waals surface area contributed by atoms with Crippen molar-refractivity contribution in [3.63, 3.8) is 0 Å². The third-order valence-electron chi connectivity index (χ3n) is 4.23. The Morgan fingerprint density at radius 1 is 0.867 bits per heavy atom. The van der Waals surface area contributed by atoms with Crippen molar-refractivity contribution in [3.8, 4) is 0 Å². The Bertz CT molecular complexity index is 177. The van der Waals surface area contributed by atoms with Gasteiger partial charge in [-0.2, -0.15) is 0 Å². The molecule has 2 aliphatic rings. The van der Waals surface area contributed by atoms with Crippen molar-refractivity contribution in [3.05, 3.63) is 0 Å². The first-order valence-corrected chi connectivity index (χ1v) is 6.78. The standard InChI is InChI=1S/C13H26N2/c1-11-7-6-8-12(2)13(11)14-15-9-4-3-5-10-15/h11-14H,3-10H2,1-2H3. The van der Waals surface area contributed by atoms with Crippen molar-refractivity contribution in [1.82, 2.24) is 10.4 Å². The third kappa shape index (κ3) is 2.94. The van der Waals surface area contributed by atoms with E-state index in [0.29, 0.717) is 0 Å².